The summed E-state index contributed by atoms with van der Waals surface area (Å²) in [6.07, 6.45) is 0.731. The summed E-state index contributed by atoms with van der Waals surface area (Å²) in [5.41, 5.74) is -0.0746. The predicted molar refractivity (Wildman–Crippen MR) is 66.6 cm³/mol. The van der Waals surface area contributed by atoms with Crippen LogP contribution in [0.1, 0.15) is 27.2 Å². The quantitative estimate of drug-likeness (QED) is 0.892. The molecule has 1 aromatic carbocycles. The van der Waals surface area contributed by atoms with E-state index >= 15 is 0 Å². The first-order valence-electron chi connectivity index (χ1n) is 6.30. The van der Waals surface area contributed by atoms with E-state index in [0.29, 0.717) is 6.04 Å². The van der Waals surface area contributed by atoms with Crippen molar-refractivity contribution in [3.8, 4) is 5.75 Å². The highest BCUT2D eigenvalue weighted by Crippen LogP contribution is 2.43. The van der Waals surface area contributed by atoms with Crippen LogP contribution in [0.4, 0.5) is 8.78 Å². The summed E-state index contributed by atoms with van der Waals surface area (Å²) in [4.78, 5) is 0. The van der Waals surface area contributed by atoms with Crippen LogP contribution in [-0.2, 0) is 0 Å². The van der Waals surface area contributed by atoms with Gasteiger partial charge in [0.2, 0.25) is 5.82 Å². The number of benzene rings is 1. The Bertz CT molecular complexity index is 434. The van der Waals surface area contributed by atoms with Gasteiger partial charge in [-0.15, -0.1) is 0 Å². The van der Waals surface area contributed by atoms with E-state index in [4.69, 9.17) is 4.74 Å². The summed E-state index contributed by atoms with van der Waals surface area (Å²) in [7, 11) is 0. The van der Waals surface area contributed by atoms with E-state index in [-0.39, 0.29) is 17.3 Å². The zero-order chi connectivity index (χ0) is 13.3. The molecule has 1 saturated carbocycles. The molecule has 1 aromatic rings. The average molecular weight is 255 g/mol. The molecule has 1 N–H and O–H groups in total. The van der Waals surface area contributed by atoms with Crippen LogP contribution in [0.3, 0.4) is 0 Å². The molecule has 0 aliphatic heterocycles. The Morgan fingerprint density at radius 2 is 2.11 bits per heavy atom. The molecule has 0 radical (unpaired) electrons. The Morgan fingerprint density at radius 3 is 2.72 bits per heavy atom. The molecular formula is C14H19F2NO. The Labute approximate surface area is 106 Å². The zero-order valence-electron chi connectivity index (χ0n) is 11.0. The second-order valence-electron chi connectivity index (χ2n) is 5.33. The molecule has 1 aliphatic rings. The molecule has 1 fully saturated rings. The highest BCUT2D eigenvalue weighted by Gasteiger charge is 2.49. The Morgan fingerprint density at radius 1 is 1.39 bits per heavy atom. The Hall–Kier alpha value is -1.16. The van der Waals surface area contributed by atoms with Crippen LogP contribution < -0.4 is 10.1 Å². The van der Waals surface area contributed by atoms with Gasteiger partial charge in [0.05, 0.1) is 0 Å². The van der Waals surface area contributed by atoms with Crippen LogP contribution in [0.25, 0.3) is 0 Å². The fourth-order valence-electron chi connectivity index (χ4n) is 2.41. The molecule has 0 heterocycles. The topological polar surface area (TPSA) is 21.3 Å². The molecule has 0 aromatic heterocycles. The monoisotopic (exact) mass is 255 g/mol. The van der Waals surface area contributed by atoms with Crippen molar-refractivity contribution in [2.24, 2.45) is 5.41 Å². The molecule has 100 valence electrons. The van der Waals surface area contributed by atoms with Crippen LogP contribution in [0.15, 0.2) is 18.2 Å². The molecule has 2 atom stereocenters. The van der Waals surface area contributed by atoms with Gasteiger partial charge in [0.1, 0.15) is 6.10 Å². The molecule has 1 aliphatic carbocycles. The summed E-state index contributed by atoms with van der Waals surface area (Å²) in [6, 6.07) is 4.38. The highest BCUT2D eigenvalue weighted by atomic mass is 19.2. The van der Waals surface area contributed by atoms with Crippen molar-refractivity contribution in [2.45, 2.75) is 39.3 Å². The van der Waals surface area contributed by atoms with E-state index in [1.54, 1.807) is 0 Å². The molecule has 0 spiro atoms. The number of ether oxygens (including phenoxy) is 1. The lowest BCUT2D eigenvalue weighted by molar-refractivity contribution is -0.0560. The molecular weight excluding hydrogens is 236 g/mol. The van der Waals surface area contributed by atoms with Gasteiger partial charge in [-0.3, -0.25) is 0 Å². The zero-order valence-corrected chi connectivity index (χ0v) is 11.0. The third kappa shape index (κ3) is 2.21. The van der Waals surface area contributed by atoms with Gasteiger partial charge in [-0.25, -0.2) is 4.39 Å². The first kappa shape index (κ1) is 13.3. The van der Waals surface area contributed by atoms with Gasteiger partial charge in [0, 0.05) is 17.9 Å². The van der Waals surface area contributed by atoms with E-state index < -0.39 is 11.6 Å². The van der Waals surface area contributed by atoms with Gasteiger partial charge < -0.3 is 10.1 Å². The lowest BCUT2D eigenvalue weighted by atomic mass is 9.64. The first-order chi connectivity index (χ1) is 8.46. The van der Waals surface area contributed by atoms with Crippen molar-refractivity contribution in [2.75, 3.05) is 6.54 Å². The van der Waals surface area contributed by atoms with Crippen LogP contribution >= 0.6 is 0 Å². The van der Waals surface area contributed by atoms with Gasteiger partial charge in [0.15, 0.2) is 11.6 Å². The Balaban J connectivity index is 2.06. The average Bonchev–Trinajstić information content (AvgIpc) is 2.33. The van der Waals surface area contributed by atoms with Crippen LogP contribution in [-0.4, -0.2) is 18.7 Å². The van der Waals surface area contributed by atoms with Crippen molar-refractivity contribution in [1.29, 1.82) is 0 Å². The maximum Gasteiger partial charge on any atom is 0.200 e. The minimum absolute atomic E-state index is 0.00280. The SMILES string of the molecule is CCNC1CC(Oc2cccc(F)c2F)C1(C)C. The van der Waals surface area contributed by atoms with Gasteiger partial charge >= 0.3 is 0 Å². The second kappa shape index (κ2) is 4.84. The van der Waals surface area contributed by atoms with E-state index in [9.17, 15) is 8.78 Å². The standard InChI is InChI=1S/C14H19F2NO/c1-4-17-11-8-12(14(11,2)3)18-10-7-5-6-9(15)13(10)16/h5-7,11-12,17H,4,8H2,1-3H3. The molecule has 4 heteroatoms. The number of halogens is 2. The Kier molecular flexibility index (Phi) is 3.57. The van der Waals surface area contributed by atoms with E-state index in [1.807, 2.05) is 0 Å². The minimum atomic E-state index is -0.903. The van der Waals surface area contributed by atoms with Gasteiger partial charge in [0.25, 0.3) is 0 Å². The molecule has 2 unspecified atom stereocenters. The molecule has 0 saturated heterocycles. The molecule has 2 rings (SSSR count). The summed E-state index contributed by atoms with van der Waals surface area (Å²) in [6.45, 7) is 7.10. The minimum Gasteiger partial charge on any atom is -0.487 e. The van der Waals surface area contributed by atoms with Gasteiger partial charge in [-0.1, -0.05) is 26.8 Å². The van der Waals surface area contributed by atoms with Crippen LogP contribution in [0.5, 0.6) is 5.75 Å². The van der Waals surface area contributed by atoms with Crippen molar-refractivity contribution < 1.29 is 13.5 Å². The number of hydrogen-bond acceptors (Lipinski definition) is 2. The van der Waals surface area contributed by atoms with Crippen LogP contribution in [0.2, 0.25) is 0 Å². The normalized spacial score (nSPS) is 25.6. The van der Waals surface area contributed by atoms with Gasteiger partial charge in [-0.05, 0) is 18.7 Å². The lowest BCUT2D eigenvalue weighted by Crippen LogP contribution is -2.62. The van der Waals surface area contributed by atoms with Gasteiger partial charge in [-0.2, -0.15) is 4.39 Å². The summed E-state index contributed by atoms with van der Waals surface area (Å²) < 4.78 is 32.2. The molecule has 0 bridgehead atoms. The summed E-state index contributed by atoms with van der Waals surface area (Å²) in [5, 5.41) is 3.37. The number of rotatable bonds is 4. The smallest absolute Gasteiger partial charge is 0.200 e. The van der Waals surface area contributed by atoms with Crippen LogP contribution in [0, 0.1) is 17.0 Å². The van der Waals surface area contributed by atoms with Crippen molar-refractivity contribution in [3.05, 3.63) is 29.8 Å². The largest absolute Gasteiger partial charge is 0.487 e. The summed E-state index contributed by atoms with van der Waals surface area (Å²) in [5.74, 6) is -1.77. The second-order valence-corrected chi connectivity index (χ2v) is 5.33. The maximum atomic E-state index is 13.5. The number of nitrogens with one attached hydrogen (secondary N) is 1. The maximum absolute atomic E-state index is 13.5. The predicted octanol–water partition coefficient (Wildman–Crippen LogP) is 3.12. The van der Waals surface area contributed by atoms with E-state index in [2.05, 4.69) is 26.1 Å². The third-order valence-electron chi connectivity index (χ3n) is 3.81. The molecule has 2 nitrogen and oxygen atoms in total. The fraction of sp³-hybridized carbons (Fsp3) is 0.571. The highest BCUT2D eigenvalue weighted by molar-refractivity contribution is 5.26. The fourth-order valence-corrected chi connectivity index (χ4v) is 2.41. The van der Waals surface area contributed by atoms with E-state index in [1.165, 1.54) is 12.1 Å². The third-order valence-corrected chi connectivity index (χ3v) is 3.81. The van der Waals surface area contributed by atoms with Crippen molar-refractivity contribution in [3.63, 3.8) is 0 Å². The molecule has 0 amide bonds. The number of hydrogen-bond donors (Lipinski definition) is 1. The van der Waals surface area contributed by atoms with Crippen molar-refractivity contribution >= 4 is 0 Å². The molecule has 18 heavy (non-hydrogen) atoms. The first-order valence-corrected chi connectivity index (χ1v) is 6.30. The van der Waals surface area contributed by atoms with E-state index in [0.717, 1.165) is 19.0 Å². The summed E-state index contributed by atoms with van der Waals surface area (Å²) >= 11 is 0. The lowest BCUT2D eigenvalue weighted by Gasteiger charge is -2.51. The van der Waals surface area contributed by atoms with Crippen molar-refractivity contribution in [1.82, 2.24) is 5.32 Å².